The van der Waals surface area contributed by atoms with Crippen molar-refractivity contribution < 1.29 is 112 Å². The third-order valence-electron chi connectivity index (χ3n) is 17.3. The van der Waals surface area contributed by atoms with Gasteiger partial charge < -0.3 is 155 Å². The number of carboxylic acid groups (broad SMARTS) is 3. The van der Waals surface area contributed by atoms with Crippen LogP contribution in [0.1, 0.15) is 103 Å². The van der Waals surface area contributed by atoms with Crippen LogP contribution in [0.25, 0.3) is 0 Å². The molecule has 53 heteroatoms. The van der Waals surface area contributed by atoms with E-state index in [-0.39, 0.29) is 109 Å². The molecule has 1 fully saturated rings. The lowest BCUT2D eigenvalue weighted by atomic mass is 10.0. The van der Waals surface area contributed by atoms with E-state index in [9.17, 15) is 106 Å². The molecule has 1 aromatic carbocycles. The minimum absolute atomic E-state index is 0.00334. The van der Waals surface area contributed by atoms with E-state index in [0.29, 0.717) is 12.0 Å². The fourth-order valence-electron chi connectivity index (χ4n) is 11.0. The molecule has 1 saturated heterocycles. The number of nitrogens with zero attached hydrogens (tertiary/aromatic N) is 1. The number of carbonyl (C=O) groups excluding carboxylic acids is 16. The van der Waals surface area contributed by atoms with Crippen LogP contribution >= 0.6 is 12.6 Å². The summed E-state index contributed by atoms with van der Waals surface area (Å²) in [7, 11) is 0. The van der Waals surface area contributed by atoms with Gasteiger partial charge in [-0.2, -0.15) is 12.6 Å². The zero-order chi connectivity index (χ0) is 91.0. The second-order valence-electron chi connectivity index (χ2n) is 27.2. The van der Waals surface area contributed by atoms with Crippen molar-refractivity contribution in [3.63, 3.8) is 0 Å². The van der Waals surface area contributed by atoms with Crippen molar-refractivity contribution >= 4 is 149 Å². The Morgan fingerprint density at radius 3 is 1.31 bits per heavy atom. The van der Waals surface area contributed by atoms with Crippen LogP contribution in [0.15, 0.2) is 24.3 Å². The molecule has 0 radical (unpaired) electrons. The molecule has 1 aromatic rings. The van der Waals surface area contributed by atoms with Crippen molar-refractivity contribution in [2.75, 3.05) is 77.7 Å². The zero-order valence-corrected chi connectivity index (χ0v) is 67.3. The Labute approximate surface area is 697 Å². The molecule has 11 atom stereocenters. The van der Waals surface area contributed by atoms with Crippen molar-refractivity contribution in [3.05, 3.63) is 29.8 Å². The Morgan fingerprint density at radius 2 is 0.818 bits per heavy atom. The summed E-state index contributed by atoms with van der Waals surface area (Å²) in [5.41, 5.74) is 27.6. The van der Waals surface area contributed by atoms with Crippen molar-refractivity contribution in [2.45, 2.75) is 170 Å². The van der Waals surface area contributed by atoms with E-state index in [1.165, 1.54) is 38.1 Å². The molecule has 2 rings (SSSR count). The number of aromatic hydroxyl groups is 1. The molecule has 1 aliphatic rings. The summed E-state index contributed by atoms with van der Waals surface area (Å²) >= 11 is 4.27. The number of hydrogen-bond donors (Lipinski definition) is 33. The van der Waals surface area contributed by atoms with Gasteiger partial charge in [0.2, 0.25) is 94.5 Å². The van der Waals surface area contributed by atoms with Gasteiger partial charge in [-0.3, -0.25) is 108 Å². The monoisotopic (exact) mass is 1730 g/mol. The Morgan fingerprint density at radius 1 is 0.421 bits per heavy atom. The molecule has 0 saturated carbocycles. The van der Waals surface area contributed by atoms with Gasteiger partial charge in [-0.15, -0.1) is 0 Å². The summed E-state index contributed by atoms with van der Waals surface area (Å²) in [5.74, 6) is -22.0. The first kappa shape index (κ1) is 103. The summed E-state index contributed by atoms with van der Waals surface area (Å²) in [6.07, 6.45) is -2.08. The number of likely N-dealkylation sites (tertiary alicyclic amines) is 1. The molecule has 0 aliphatic carbocycles. The molecule has 37 N–H and O–H groups in total. The van der Waals surface area contributed by atoms with E-state index in [1.54, 1.807) is 0 Å². The minimum Gasteiger partial charge on any atom is -0.508 e. The molecule has 672 valence electrons. The lowest BCUT2D eigenvalue weighted by Gasteiger charge is -2.28. The maximum absolute atomic E-state index is 14.3. The van der Waals surface area contributed by atoms with Gasteiger partial charge in [0.05, 0.1) is 51.7 Å². The van der Waals surface area contributed by atoms with Crippen LogP contribution < -0.4 is 130 Å². The lowest BCUT2D eigenvalue weighted by Crippen LogP contribution is -2.60. The van der Waals surface area contributed by atoms with E-state index in [4.69, 9.17) is 55.4 Å². The minimum atomic E-state index is -1.87. The zero-order valence-electron chi connectivity index (χ0n) is 66.4. The number of hydrogen-bond acceptors (Lipinski definition) is 26. The van der Waals surface area contributed by atoms with Crippen molar-refractivity contribution in [1.82, 2.24) is 106 Å². The molecule has 0 aromatic heterocycles. The molecular formula is C68H111N29O23S. The number of phenolic OH excluding ortho intramolecular Hbond substituents is 1. The number of nitrogens with one attached hydrogen (secondary N) is 23. The molecule has 16 amide bonds. The first-order valence-corrected chi connectivity index (χ1v) is 38.4. The third kappa shape index (κ3) is 43.4. The molecule has 121 heavy (non-hydrogen) atoms. The van der Waals surface area contributed by atoms with E-state index >= 15 is 0 Å². The van der Waals surface area contributed by atoms with Crippen LogP contribution in [0.3, 0.4) is 0 Å². The van der Waals surface area contributed by atoms with Crippen molar-refractivity contribution in [1.29, 1.82) is 21.6 Å². The summed E-state index contributed by atoms with van der Waals surface area (Å²) < 4.78 is 0. The summed E-state index contributed by atoms with van der Waals surface area (Å²) in [4.78, 5) is 249. The highest BCUT2D eigenvalue weighted by atomic mass is 32.1. The fourth-order valence-corrected chi connectivity index (χ4v) is 11.2. The number of nitrogens with two attached hydrogens (primary N) is 5. The van der Waals surface area contributed by atoms with Gasteiger partial charge in [-0.25, -0.2) is 4.79 Å². The van der Waals surface area contributed by atoms with Crippen LogP contribution in [0.2, 0.25) is 0 Å². The maximum atomic E-state index is 14.3. The van der Waals surface area contributed by atoms with Crippen LogP contribution in [0.5, 0.6) is 5.75 Å². The van der Waals surface area contributed by atoms with E-state index in [1.807, 2.05) is 0 Å². The van der Waals surface area contributed by atoms with Gasteiger partial charge in [0, 0.05) is 51.3 Å². The number of rotatable bonds is 56. The van der Waals surface area contributed by atoms with Crippen LogP contribution in [0.4, 0.5) is 0 Å². The van der Waals surface area contributed by atoms with Crippen LogP contribution in [-0.2, 0) is 97.5 Å². The Bertz CT molecular complexity index is 3860. The number of benzene rings is 1. The Balaban J connectivity index is 2.10. The highest BCUT2D eigenvalue weighted by molar-refractivity contribution is 7.80. The molecular weight excluding hydrogens is 1620 g/mol. The highest BCUT2D eigenvalue weighted by Gasteiger charge is 2.38. The second-order valence-corrected chi connectivity index (χ2v) is 27.6. The number of phenols is 1. The number of aliphatic carboxylic acids is 3. The Hall–Kier alpha value is -13.7. The topological polar surface area (TPSA) is 863 Å². The average molecular weight is 1730 g/mol. The predicted octanol–water partition coefficient (Wildman–Crippen LogP) is -13.2. The molecule has 1 heterocycles. The number of amides is 16. The number of carbonyl (C=O) groups is 19. The molecule has 0 bridgehead atoms. The molecule has 1 aliphatic heterocycles. The third-order valence-corrected chi connectivity index (χ3v) is 17.7. The summed E-state index contributed by atoms with van der Waals surface area (Å²) in [6.45, 7) is -1.85. The maximum Gasteiger partial charge on any atom is 0.326 e. The van der Waals surface area contributed by atoms with Crippen LogP contribution in [0, 0.1) is 21.6 Å². The first-order valence-electron chi connectivity index (χ1n) is 37.8. The number of guanidine groups is 4. The van der Waals surface area contributed by atoms with Gasteiger partial charge in [0.1, 0.15) is 66.2 Å². The summed E-state index contributed by atoms with van der Waals surface area (Å²) in [6, 6.07) is -11.0. The van der Waals surface area contributed by atoms with E-state index < -0.39 is 261 Å². The normalized spacial score (nSPS) is 14.4. The van der Waals surface area contributed by atoms with Gasteiger partial charge in [0.25, 0.3) is 0 Å². The van der Waals surface area contributed by atoms with Crippen molar-refractivity contribution in [2.24, 2.45) is 28.7 Å². The van der Waals surface area contributed by atoms with Crippen LogP contribution in [-0.4, -0.2) is 306 Å². The van der Waals surface area contributed by atoms with Gasteiger partial charge in [-0.1, -0.05) is 12.1 Å². The fraction of sp³-hybridized carbons (Fsp3) is 0.574. The van der Waals surface area contributed by atoms with Crippen molar-refractivity contribution in [3.8, 4) is 5.75 Å². The van der Waals surface area contributed by atoms with E-state index in [0.717, 1.165) is 4.90 Å². The summed E-state index contributed by atoms with van der Waals surface area (Å²) in [5, 5.41) is 113. The average Bonchev–Trinajstić information content (AvgIpc) is 1.74. The first-order chi connectivity index (χ1) is 57.0. The lowest BCUT2D eigenvalue weighted by molar-refractivity contribution is -0.143. The largest absolute Gasteiger partial charge is 0.508 e. The SMILES string of the molecule is C[C@H](NC(=O)CNC(=O)[C@@H](N)CCCNC(=N)N)C(=O)N[C@@H](CC(=O)O)C(=O)N[C@@H](CCCNC(=N)N)C(=O)N[C@@H](C)C(=O)NCC(=O)NCC(=O)NCC(=O)NCC(=O)N1CCC[C@H]1C(=O)N[C@@H](CCCNC(=N)N)C(=O)N[C@@H](CS)C(=O)N[C@@H](Cc1ccc(O)cc1)C(=O)N[C@@H](CCCNC(=N)N)C(=O)NCC(=O)N[C@@H](CCC(=O)O)C(=O)O. The van der Waals surface area contributed by atoms with Gasteiger partial charge in [0.15, 0.2) is 23.8 Å². The number of thiol groups is 1. The van der Waals surface area contributed by atoms with Gasteiger partial charge >= 0.3 is 17.9 Å². The Kier molecular flexibility index (Phi) is 47.1. The second kappa shape index (κ2) is 55.1. The quantitative estimate of drug-likeness (QED) is 0.0125. The number of carboxylic acids is 3. The smallest absolute Gasteiger partial charge is 0.326 e. The molecule has 0 spiro atoms. The molecule has 0 unspecified atom stereocenters. The standard InChI is InChI=1S/C68H111N29O23S/c1-33(89-58(113)39(10-5-21-80-67(74)75)92-61(116)43(25-53(107)108)94-55(110)34(2)88-49(102)29-86-56(111)37(69)8-3-19-78-65(70)71)54(109)85-28-48(101)83-26-46(99)82-27-47(100)84-31-51(104)97-23-7-12-45(97)63(118)93-40(11-6-22-81-68(76)77)59(114)96-44(32-121)62(117)95-42(24-35-13-15-36(98)16-14-35)60(115)91-38(9-4-20-79-66(72)73)57(112)87-30-50(103)90-41(64(119)120)17-18-52(105)106/h13-16,33-34,37-45,98,121H,3-12,17-32,69H2,1-2H3,(H,82,99)(H,83,101)(H,84,100)(H,85,109)(H,86,111)(H,87,112)(H,88,102)(H,89,113)(H,90,103)(H,91,115)(H,92,116)(H,93,118)(H,94,110)(H,95,117)(H,96,114)(H,105,106)(H,107,108)(H,119,120)(H4,70,71,78)(H4,72,73,79)(H4,74,75,80)(H4,76,77,81)/t33-,34-,37-,38-,39-,40-,41-,42-,43-,44-,45-/m0/s1. The predicted molar refractivity (Wildman–Crippen MR) is 429 cm³/mol. The van der Waals surface area contributed by atoms with E-state index in [2.05, 4.69) is 114 Å². The molecule has 52 nitrogen and oxygen atoms in total. The van der Waals surface area contributed by atoms with Gasteiger partial charge in [-0.05, 0) is 102 Å². The highest BCUT2D eigenvalue weighted by Crippen LogP contribution is 2.19.